The number of nitrogens with one attached hydrogen (secondary N) is 1. The third-order valence-corrected chi connectivity index (χ3v) is 4.90. The number of piperidine rings is 1. The summed E-state index contributed by atoms with van der Waals surface area (Å²) in [5, 5.41) is 11.0. The van der Waals surface area contributed by atoms with Crippen molar-refractivity contribution in [1.29, 1.82) is 0 Å². The molecule has 1 aromatic rings. The third-order valence-electron chi connectivity index (χ3n) is 4.90. The van der Waals surface area contributed by atoms with E-state index in [4.69, 9.17) is 5.73 Å². The molecule has 1 saturated heterocycles. The fourth-order valence-corrected chi connectivity index (χ4v) is 3.47. The van der Waals surface area contributed by atoms with Gasteiger partial charge in [0.2, 0.25) is 5.91 Å². The standard InChI is InChI=1S/C16H26N6O2/c1-2-3-13(19-16(17)24)15(23)21-8-6-11(7-9-21)14-20-18-10-22(14)12-4-5-12/h10-13H,2-9H2,1H3,(H3,17,19,24)/t13-/m1/s1. The van der Waals surface area contributed by atoms with Gasteiger partial charge in [0.25, 0.3) is 0 Å². The van der Waals surface area contributed by atoms with Gasteiger partial charge in [-0.05, 0) is 32.1 Å². The number of nitrogens with two attached hydrogens (primary N) is 1. The monoisotopic (exact) mass is 334 g/mol. The zero-order valence-corrected chi connectivity index (χ0v) is 14.1. The van der Waals surface area contributed by atoms with Crippen molar-refractivity contribution in [2.45, 2.75) is 63.5 Å². The Bertz CT molecular complexity index is 589. The molecule has 1 aliphatic heterocycles. The summed E-state index contributed by atoms with van der Waals surface area (Å²) in [6.07, 6.45) is 7.44. The Morgan fingerprint density at radius 2 is 2.04 bits per heavy atom. The lowest BCUT2D eigenvalue weighted by atomic mass is 9.95. The highest BCUT2D eigenvalue weighted by Gasteiger charge is 2.33. The molecule has 3 rings (SSSR count). The van der Waals surface area contributed by atoms with Crippen LogP contribution in [0.25, 0.3) is 0 Å². The van der Waals surface area contributed by atoms with Crippen molar-refractivity contribution in [3.8, 4) is 0 Å². The van der Waals surface area contributed by atoms with Crippen LogP contribution in [-0.4, -0.2) is 50.7 Å². The summed E-state index contributed by atoms with van der Waals surface area (Å²) in [6.45, 7) is 3.35. The first kappa shape index (κ1) is 16.7. The lowest BCUT2D eigenvalue weighted by molar-refractivity contribution is -0.134. The molecule has 3 N–H and O–H groups in total. The molecule has 0 radical (unpaired) electrons. The van der Waals surface area contributed by atoms with Crippen molar-refractivity contribution in [2.24, 2.45) is 5.73 Å². The molecule has 2 fully saturated rings. The first-order chi connectivity index (χ1) is 11.6. The van der Waals surface area contributed by atoms with Gasteiger partial charge < -0.3 is 20.5 Å². The molecule has 8 nitrogen and oxygen atoms in total. The Hall–Kier alpha value is -2.12. The van der Waals surface area contributed by atoms with Gasteiger partial charge >= 0.3 is 6.03 Å². The van der Waals surface area contributed by atoms with Gasteiger partial charge in [-0.25, -0.2) is 4.79 Å². The molecule has 1 atom stereocenters. The topological polar surface area (TPSA) is 106 Å². The Morgan fingerprint density at radius 3 is 2.62 bits per heavy atom. The largest absolute Gasteiger partial charge is 0.352 e. The van der Waals surface area contributed by atoms with Crippen LogP contribution in [-0.2, 0) is 4.79 Å². The molecule has 24 heavy (non-hydrogen) atoms. The van der Waals surface area contributed by atoms with Crippen molar-refractivity contribution < 1.29 is 9.59 Å². The normalized spacial score (nSPS) is 20.0. The molecule has 8 heteroatoms. The molecule has 1 aliphatic carbocycles. The molecule has 0 spiro atoms. The first-order valence-electron chi connectivity index (χ1n) is 8.84. The number of nitrogens with zero attached hydrogens (tertiary/aromatic N) is 4. The van der Waals surface area contributed by atoms with Crippen LogP contribution >= 0.6 is 0 Å². The number of carbonyl (C=O) groups excluding carboxylic acids is 2. The summed E-state index contributed by atoms with van der Waals surface area (Å²) < 4.78 is 2.21. The van der Waals surface area contributed by atoms with Gasteiger partial charge in [-0.2, -0.15) is 0 Å². The number of rotatable bonds is 6. The summed E-state index contributed by atoms with van der Waals surface area (Å²) in [5.41, 5.74) is 5.19. The third kappa shape index (κ3) is 3.68. The second-order valence-electron chi connectivity index (χ2n) is 6.78. The molecule has 0 unspecified atom stereocenters. The van der Waals surface area contributed by atoms with Crippen LogP contribution in [0.15, 0.2) is 6.33 Å². The molecule has 0 bridgehead atoms. The van der Waals surface area contributed by atoms with E-state index in [1.165, 1.54) is 12.8 Å². The van der Waals surface area contributed by atoms with Crippen molar-refractivity contribution in [1.82, 2.24) is 25.0 Å². The minimum Gasteiger partial charge on any atom is -0.352 e. The summed E-state index contributed by atoms with van der Waals surface area (Å²) in [4.78, 5) is 25.6. The van der Waals surface area contributed by atoms with E-state index in [1.54, 1.807) is 0 Å². The van der Waals surface area contributed by atoms with E-state index in [9.17, 15) is 9.59 Å². The zero-order valence-electron chi connectivity index (χ0n) is 14.1. The number of primary amides is 1. The minimum atomic E-state index is -0.644. The van der Waals surface area contributed by atoms with Gasteiger partial charge in [0.05, 0.1) is 0 Å². The Morgan fingerprint density at radius 1 is 1.33 bits per heavy atom. The SMILES string of the molecule is CCC[C@@H](NC(N)=O)C(=O)N1CCC(c2nncn2C2CC2)CC1. The van der Waals surface area contributed by atoms with E-state index in [1.807, 2.05) is 18.2 Å². The van der Waals surface area contributed by atoms with Gasteiger partial charge in [0.1, 0.15) is 18.2 Å². The summed E-state index contributed by atoms with van der Waals surface area (Å²) in [7, 11) is 0. The predicted octanol–water partition coefficient (Wildman–Crippen LogP) is 1.16. The maximum atomic E-state index is 12.6. The molecule has 2 aliphatic rings. The van der Waals surface area contributed by atoms with Gasteiger partial charge in [-0.1, -0.05) is 13.3 Å². The maximum Gasteiger partial charge on any atom is 0.312 e. The van der Waals surface area contributed by atoms with Crippen molar-refractivity contribution in [3.63, 3.8) is 0 Å². The average molecular weight is 334 g/mol. The lowest BCUT2D eigenvalue weighted by Gasteiger charge is -2.34. The Balaban J connectivity index is 1.58. The lowest BCUT2D eigenvalue weighted by Crippen LogP contribution is -2.51. The Kier molecular flexibility index (Phi) is 5.01. The van der Waals surface area contributed by atoms with Crippen LogP contribution in [0.1, 0.15) is 63.2 Å². The summed E-state index contributed by atoms with van der Waals surface area (Å²) in [6, 6.07) is -0.586. The molecular weight excluding hydrogens is 308 g/mol. The number of hydrogen-bond acceptors (Lipinski definition) is 4. The van der Waals surface area contributed by atoms with Gasteiger partial charge in [0, 0.05) is 25.0 Å². The van der Waals surface area contributed by atoms with Crippen LogP contribution in [0.2, 0.25) is 0 Å². The molecule has 1 saturated carbocycles. The highest BCUT2D eigenvalue weighted by Crippen LogP contribution is 2.38. The highest BCUT2D eigenvalue weighted by molar-refractivity contribution is 5.86. The first-order valence-corrected chi connectivity index (χ1v) is 8.84. The van der Waals surface area contributed by atoms with Crippen molar-refractivity contribution in [2.75, 3.05) is 13.1 Å². The van der Waals surface area contributed by atoms with Crippen LogP contribution in [0.5, 0.6) is 0 Å². The van der Waals surface area contributed by atoms with Gasteiger partial charge in [0.15, 0.2) is 0 Å². The Labute approximate surface area is 141 Å². The summed E-state index contributed by atoms with van der Waals surface area (Å²) in [5.74, 6) is 1.38. The van der Waals surface area contributed by atoms with Crippen LogP contribution in [0, 0.1) is 0 Å². The number of likely N-dealkylation sites (tertiary alicyclic amines) is 1. The maximum absolute atomic E-state index is 12.6. The second kappa shape index (κ2) is 7.19. The van der Waals surface area contributed by atoms with E-state index in [0.29, 0.717) is 31.5 Å². The van der Waals surface area contributed by atoms with Crippen LogP contribution in [0.3, 0.4) is 0 Å². The number of hydrogen-bond donors (Lipinski definition) is 2. The molecular formula is C16H26N6O2. The van der Waals surface area contributed by atoms with Crippen molar-refractivity contribution >= 4 is 11.9 Å². The van der Waals surface area contributed by atoms with Crippen LogP contribution < -0.4 is 11.1 Å². The van der Waals surface area contributed by atoms with E-state index < -0.39 is 12.1 Å². The number of amides is 3. The molecule has 0 aromatic carbocycles. The number of urea groups is 1. The van der Waals surface area contributed by atoms with E-state index in [-0.39, 0.29) is 5.91 Å². The molecule has 3 amide bonds. The molecule has 2 heterocycles. The fraction of sp³-hybridized carbons (Fsp3) is 0.750. The van der Waals surface area contributed by atoms with E-state index >= 15 is 0 Å². The number of aromatic nitrogens is 3. The summed E-state index contributed by atoms with van der Waals surface area (Å²) >= 11 is 0. The predicted molar refractivity (Wildman–Crippen MR) is 88.3 cm³/mol. The molecule has 1 aromatic heterocycles. The van der Waals surface area contributed by atoms with E-state index in [2.05, 4.69) is 20.1 Å². The average Bonchev–Trinajstić information content (AvgIpc) is 3.30. The van der Waals surface area contributed by atoms with Gasteiger partial charge in [-0.15, -0.1) is 10.2 Å². The van der Waals surface area contributed by atoms with Crippen LogP contribution in [0.4, 0.5) is 4.79 Å². The minimum absolute atomic E-state index is 0.0299. The quantitative estimate of drug-likeness (QED) is 0.814. The van der Waals surface area contributed by atoms with E-state index in [0.717, 1.165) is 25.1 Å². The number of carbonyl (C=O) groups is 2. The molecule has 132 valence electrons. The second-order valence-corrected chi connectivity index (χ2v) is 6.78. The smallest absolute Gasteiger partial charge is 0.312 e. The highest BCUT2D eigenvalue weighted by atomic mass is 16.2. The van der Waals surface area contributed by atoms with Crippen molar-refractivity contribution in [3.05, 3.63) is 12.2 Å². The zero-order chi connectivity index (χ0) is 17.1. The van der Waals surface area contributed by atoms with Gasteiger partial charge in [-0.3, -0.25) is 4.79 Å². The fourth-order valence-electron chi connectivity index (χ4n) is 3.47.